The van der Waals surface area contributed by atoms with Gasteiger partial charge in [0.15, 0.2) is 10.9 Å². The number of oxime groups is 1. The number of carbonyl (C=O) groups is 1. The highest BCUT2D eigenvalue weighted by Gasteiger charge is 2.42. The zero-order valence-electron chi connectivity index (χ0n) is 7.23. The average Bonchev–Trinajstić information content (AvgIpc) is 2.42. The Kier molecular flexibility index (Phi) is 3.35. The van der Waals surface area contributed by atoms with Crippen molar-refractivity contribution in [2.75, 3.05) is 12.9 Å². The van der Waals surface area contributed by atoms with Crippen molar-refractivity contribution >= 4 is 39.5 Å². The first-order valence-corrected chi connectivity index (χ1v) is 4.88. The molecule has 1 unspecified atom stereocenters. The topological polar surface area (TPSA) is 97.3 Å². The van der Waals surface area contributed by atoms with Crippen molar-refractivity contribution in [3.8, 4) is 0 Å². The van der Waals surface area contributed by atoms with Crippen molar-refractivity contribution in [3.05, 3.63) is 0 Å². The predicted octanol–water partition coefficient (Wildman–Crippen LogP) is -0.496. The summed E-state index contributed by atoms with van der Waals surface area (Å²) in [6.07, 6.45) is 0. The van der Waals surface area contributed by atoms with E-state index in [0.717, 1.165) is 11.8 Å². The zero-order chi connectivity index (χ0) is 10.8. The zero-order valence-corrected chi connectivity index (χ0v) is 8.80. The highest BCUT2D eigenvalue weighted by molar-refractivity contribution is 8.14. The number of rotatable bonds is 3. The fourth-order valence-electron chi connectivity index (χ4n) is 0.900. The molecule has 1 atom stereocenters. The molecule has 0 saturated heterocycles. The SMILES string of the molecule is CON=C(C(=O)Cl)C1(O)CSC(N)=N1. The summed E-state index contributed by atoms with van der Waals surface area (Å²) in [6.45, 7) is 0. The second-order valence-electron chi connectivity index (χ2n) is 2.45. The first-order valence-electron chi connectivity index (χ1n) is 3.51. The standard InChI is InChI=1S/C6H8ClN3O3S/c1-13-10-3(4(7)11)6(12)2-14-5(8)9-6/h12H,2H2,1H3,(H2,8,9). The Balaban J connectivity index is 3.00. The van der Waals surface area contributed by atoms with Gasteiger partial charge in [0.1, 0.15) is 7.11 Å². The quantitative estimate of drug-likeness (QED) is 0.392. The van der Waals surface area contributed by atoms with Gasteiger partial charge in [-0.25, -0.2) is 4.99 Å². The van der Waals surface area contributed by atoms with Crippen LogP contribution in [0.2, 0.25) is 0 Å². The van der Waals surface area contributed by atoms with Crippen LogP contribution in [0.5, 0.6) is 0 Å². The molecule has 1 heterocycles. The van der Waals surface area contributed by atoms with Crippen molar-refractivity contribution in [1.29, 1.82) is 0 Å². The van der Waals surface area contributed by atoms with Gasteiger partial charge in [-0.3, -0.25) is 4.79 Å². The van der Waals surface area contributed by atoms with E-state index in [4.69, 9.17) is 17.3 Å². The molecule has 0 spiro atoms. The van der Waals surface area contributed by atoms with Crippen molar-refractivity contribution in [2.24, 2.45) is 15.9 Å². The molecule has 0 fully saturated rings. The van der Waals surface area contributed by atoms with Gasteiger partial charge in [-0.05, 0) is 11.6 Å². The molecular weight excluding hydrogens is 230 g/mol. The summed E-state index contributed by atoms with van der Waals surface area (Å²) in [4.78, 5) is 18.9. The molecule has 0 radical (unpaired) electrons. The summed E-state index contributed by atoms with van der Waals surface area (Å²) in [5.74, 6) is 0.0967. The number of halogens is 1. The Morgan fingerprint density at radius 3 is 2.93 bits per heavy atom. The Labute approximate surface area is 89.1 Å². The van der Waals surface area contributed by atoms with E-state index in [2.05, 4.69) is 15.0 Å². The average molecular weight is 238 g/mol. The van der Waals surface area contributed by atoms with E-state index in [1.807, 2.05) is 0 Å². The lowest BCUT2D eigenvalue weighted by molar-refractivity contribution is -0.107. The van der Waals surface area contributed by atoms with Gasteiger partial charge < -0.3 is 15.7 Å². The summed E-state index contributed by atoms with van der Waals surface area (Å²) in [5, 5.41) is 12.4. The molecule has 0 bridgehead atoms. The molecule has 3 N–H and O–H groups in total. The molecular formula is C6H8ClN3O3S. The van der Waals surface area contributed by atoms with Crippen LogP contribution in [0, 0.1) is 0 Å². The fourth-order valence-corrected chi connectivity index (χ4v) is 1.85. The molecule has 0 amide bonds. The molecule has 6 nitrogen and oxygen atoms in total. The van der Waals surface area contributed by atoms with Crippen LogP contribution in [0.1, 0.15) is 0 Å². The number of hydrogen-bond donors (Lipinski definition) is 2. The smallest absolute Gasteiger partial charge is 0.275 e. The summed E-state index contributed by atoms with van der Waals surface area (Å²) < 4.78 is 0. The molecule has 78 valence electrons. The molecule has 0 aromatic carbocycles. The first-order chi connectivity index (χ1) is 6.49. The van der Waals surface area contributed by atoms with Crippen LogP contribution < -0.4 is 5.73 Å². The minimum absolute atomic E-state index is 0.0967. The third-order valence-corrected chi connectivity index (χ3v) is 2.58. The van der Waals surface area contributed by atoms with Crippen LogP contribution in [0.4, 0.5) is 0 Å². The summed E-state index contributed by atoms with van der Waals surface area (Å²) >= 11 is 6.32. The Bertz CT molecular complexity index is 319. The van der Waals surface area contributed by atoms with E-state index >= 15 is 0 Å². The van der Waals surface area contributed by atoms with Crippen LogP contribution >= 0.6 is 23.4 Å². The van der Waals surface area contributed by atoms with Gasteiger partial charge in [-0.2, -0.15) is 0 Å². The highest BCUT2D eigenvalue weighted by Crippen LogP contribution is 2.26. The Hall–Kier alpha value is -0.790. The van der Waals surface area contributed by atoms with Crippen molar-refractivity contribution in [2.45, 2.75) is 5.72 Å². The van der Waals surface area contributed by atoms with Gasteiger partial charge in [-0.15, -0.1) is 0 Å². The van der Waals surface area contributed by atoms with Gasteiger partial charge >= 0.3 is 0 Å². The number of aliphatic hydroxyl groups is 1. The Morgan fingerprint density at radius 1 is 1.93 bits per heavy atom. The second kappa shape index (κ2) is 4.16. The molecule has 0 aliphatic carbocycles. The van der Waals surface area contributed by atoms with Gasteiger partial charge in [0.05, 0.1) is 5.75 Å². The first kappa shape index (κ1) is 11.3. The minimum Gasteiger partial charge on any atom is -0.399 e. The van der Waals surface area contributed by atoms with Gasteiger partial charge in [0, 0.05) is 0 Å². The third-order valence-electron chi connectivity index (χ3n) is 1.46. The minimum atomic E-state index is -1.77. The molecule has 1 aliphatic rings. The number of aliphatic imine (C=N–C) groups is 1. The summed E-state index contributed by atoms with van der Waals surface area (Å²) in [5.41, 5.74) is 3.21. The Morgan fingerprint density at radius 2 is 2.57 bits per heavy atom. The number of hydrogen-bond acceptors (Lipinski definition) is 7. The summed E-state index contributed by atoms with van der Waals surface area (Å²) in [7, 11) is 1.23. The maximum atomic E-state index is 10.9. The lowest BCUT2D eigenvalue weighted by Crippen LogP contribution is -2.40. The largest absolute Gasteiger partial charge is 0.399 e. The van der Waals surface area contributed by atoms with Crippen molar-refractivity contribution in [3.63, 3.8) is 0 Å². The number of amidine groups is 1. The highest BCUT2D eigenvalue weighted by atomic mass is 35.5. The van der Waals surface area contributed by atoms with Crippen molar-refractivity contribution in [1.82, 2.24) is 0 Å². The van der Waals surface area contributed by atoms with Gasteiger partial charge in [0.25, 0.3) is 5.24 Å². The number of carbonyl (C=O) groups excluding carboxylic acids is 1. The molecule has 0 saturated carbocycles. The molecule has 1 rings (SSSR count). The van der Waals surface area contributed by atoms with Crippen LogP contribution in [0.25, 0.3) is 0 Å². The van der Waals surface area contributed by atoms with E-state index in [0.29, 0.717) is 0 Å². The number of nitrogens with zero attached hydrogens (tertiary/aromatic N) is 2. The third kappa shape index (κ3) is 2.17. The predicted molar refractivity (Wildman–Crippen MR) is 54.3 cm³/mol. The maximum Gasteiger partial charge on any atom is 0.275 e. The molecule has 1 aliphatic heterocycles. The van der Waals surface area contributed by atoms with Gasteiger partial charge in [0.2, 0.25) is 5.72 Å². The monoisotopic (exact) mass is 237 g/mol. The van der Waals surface area contributed by atoms with Gasteiger partial charge in [-0.1, -0.05) is 16.9 Å². The van der Waals surface area contributed by atoms with E-state index in [1.165, 1.54) is 7.11 Å². The van der Waals surface area contributed by atoms with E-state index in [-0.39, 0.29) is 16.6 Å². The fraction of sp³-hybridized carbons (Fsp3) is 0.500. The van der Waals surface area contributed by atoms with Crippen LogP contribution in [-0.2, 0) is 9.63 Å². The van der Waals surface area contributed by atoms with Crippen LogP contribution in [0.3, 0.4) is 0 Å². The van der Waals surface area contributed by atoms with E-state index in [9.17, 15) is 9.90 Å². The van der Waals surface area contributed by atoms with Crippen LogP contribution in [-0.4, -0.2) is 39.8 Å². The molecule has 8 heteroatoms. The lowest BCUT2D eigenvalue weighted by atomic mass is 10.1. The van der Waals surface area contributed by atoms with E-state index < -0.39 is 11.0 Å². The summed E-state index contributed by atoms with van der Waals surface area (Å²) in [6, 6.07) is 0. The normalized spacial score (nSPS) is 27.4. The molecule has 0 aromatic heterocycles. The molecule has 14 heavy (non-hydrogen) atoms. The number of nitrogens with two attached hydrogens (primary N) is 1. The molecule has 0 aromatic rings. The number of thioether (sulfide) groups is 1. The second-order valence-corrected chi connectivity index (χ2v) is 3.79. The van der Waals surface area contributed by atoms with Crippen LogP contribution in [0.15, 0.2) is 10.1 Å². The lowest BCUT2D eigenvalue weighted by Gasteiger charge is -2.16. The maximum absolute atomic E-state index is 10.9. The van der Waals surface area contributed by atoms with E-state index in [1.54, 1.807) is 0 Å². The van der Waals surface area contributed by atoms with Crippen molar-refractivity contribution < 1.29 is 14.7 Å².